The lowest BCUT2D eigenvalue weighted by atomic mass is 10.2. The summed E-state index contributed by atoms with van der Waals surface area (Å²) in [7, 11) is 1.80. The topological polar surface area (TPSA) is 82.2 Å². The molecule has 1 N–H and O–H groups in total. The fraction of sp³-hybridized carbons (Fsp3) is 0.211. The maximum absolute atomic E-state index is 12.3. The van der Waals surface area contributed by atoms with Crippen LogP contribution in [0.3, 0.4) is 0 Å². The lowest BCUT2D eigenvalue weighted by Gasteiger charge is -2.00. The molecule has 4 rings (SSSR count). The molecule has 3 heterocycles. The Labute approximate surface area is 159 Å². The van der Waals surface area contributed by atoms with E-state index in [9.17, 15) is 4.79 Å². The molecule has 0 atom stereocenters. The molecule has 0 bridgehead atoms. The van der Waals surface area contributed by atoms with E-state index in [4.69, 9.17) is 9.15 Å². The maximum atomic E-state index is 12.3. The van der Waals surface area contributed by atoms with Crippen molar-refractivity contribution in [2.24, 2.45) is 7.05 Å². The summed E-state index contributed by atoms with van der Waals surface area (Å²) in [5.74, 6) is 1.16. The van der Waals surface area contributed by atoms with Gasteiger partial charge in [0.25, 0.3) is 5.91 Å². The van der Waals surface area contributed by atoms with Crippen molar-refractivity contribution in [3.8, 4) is 17.2 Å². The van der Waals surface area contributed by atoms with Crippen LogP contribution in [0.15, 0.2) is 40.1 Å². The summed E-state index contributed by atoms with van der Waals surface area (Å²) in [6.45, 7) is 4.45. The summed E-state index contributed by atoms with van der Waals surface area (Å²) < 4.78 is 13.0. The lowest BCUT2D eigenvalue weighted by Crippen LogP contribution is -2.12. The Hall–Kier alpha value is -3.13. The number of amides is 1. The molecule has 138 valence electrons. The van der Waals surface area contributed by atoms with Gasteiger partial charge in [-0.15, -0.1) is 11.3 Å². The van der Waals surface area contributed by atoms with E-state index in [-0.39, 0.29) is 5.91 Å². The number of hydrogen-bond acceptors (Lipinski definition) is 6. The summed E-state index contributed by atoms with van der Waals surface area (Å²) in [6, 6.07) is 9.34. The fourth-order valence-electron chi connectivity index (χ4n) is 2.68. The molecule has 27 heavy (non-hydrogen) atoms. The number of furan rings is 1. The van der Waals surface area contributed by atoms with E-state index in [2.05, 4.69) is 15.4 Å². The summed E-state index contributed by atoms with van der Waals surface area (Å²) >= 11 is 1.34. The number of aromatic nitrogens is 3. The third-order valence-corrected chi connectivity index (χ3v) is 4.88. The largest absolute Gasteiger partial charge is 0.494 e. The summed E-state index contributed by atoms with van der Waals surface area (Å²) in [5, 5.41) is 10.2. The Bertz CT molecular complexity index is 1110. The number of aryl methyl sites for hydroxylation is 2. The predicted molar refractivity (Wildman–Crippen MR) is 104 cm³/mol. The number of ether oxygens (including phenoxy) is 1. The molecule has 7 nitrogen and oxygen atoms in total. The van der Waals surface area contributed by atoms with E-state index in [1.807, 2.05) is 43.5 Å². The van der Waals surface area contributed by atoms with Crippen LogP contribution >= 0.6 is 11.3 Å². The molecule has 0 fully saturated rings. The highest BCUT2D eigenvalue weighted by Crippen LogP contribution is 2.32. The van der Waals surface area contributed by atoms with E-state index in [0.29, 0.717) is 28.9 Å². The van der Waals surface area contributed by atoms with Crippen molar-refractivity contribution in [3.63, 3.8) is 0 Å². The normalized spacial score (nSPS) is 11.1. The van der Waals surface area contributed by atoms with Gasteiger partial charge in [-0.1, -0.05) is 0 Å². The lowest BCUT2D eigenvalue weighted by molar-refractivity contribution is 0.102. The molecule has 4 aromatic rings. The van der Waals surface area contributed by atoms with E-state index in [1.165, 1.54) is 11.3 Å². The van der Waals surface area contributed by atoms with E-state index in [1.54, 1.807) is 17.8 Å². The van der Waals surface area contributed by atoms with Gasteiger partial charge in [-0.05, 0) is 44.2 Å². The Morgan fingerprint density at radius 3 is 2.93 bits per heavy atom. The maximum Gasteiger partial charge on any atom is 0.277 e. The van der Waals surface area contributed by atoms with Crippen molar-refractivity contribution in [2.45, 2.75) is 13.8 Å². The molecule has 8 heteroatoms. The number of thiazole rings is 1. The SMILES string of the molecule is CCOc1ccc2oc(-c3csc(NC(=O)c4cc(C)n(C)n4)n3)cc2c1. The van der Waals surface area contributed by atoms with Gasteiger partial charge in [-0.2, -0.15) is 5.10 Å². The third kappa shape index (κ3) is 3.43. The molecule has 0 aliphatic rings. The van der Waals surface area contributed by atoms with E-state index < -0.39 is 0 Å². The van der Waals surface area contributed by atoms with Crippen molar-refractivity contribution in [1.82, 2.24) is 14.8 Å². The first-order valence-corrected chi connectivity index (χ1v) is 9.35. The van der Waals surface area contributed by atoms with Gasteiger partial charge in [-0.25, -0.2) is 4.98 Å². The van der Waals surface area contributed by atoms with Gasteiger partial charge < -0.3 is 9.15 Å². The minimum atomic E-state index is -0.287. The van der Waals surface area contributed by atoms with Crippen LogP contribution < -0.4 is 10.1 Å². The second-order valence-electron chi connectivity index (χ2n) is 6.03. The zero-order chi connectivity index (χ0) is 19.0. The minimum absolute atomic E-state index is 0.287. The number of anilines is 1. The molecule has 0 saturated carbocycles. The molecule has 0 saturated heterocycles. The van der Waals surface area contributed by atoms with Crippen LogP contribution in [0.5, 0.6) is 5.75 Å². The average Bonchev–Trinajstić information content (AvgIpc) is 3.34. The number of rotatable bonds is 5. The van der Waals surface area contributed by atoms with Crippen LogP contribution in [-0.2, 0) is 7.05 Å². The van der Waals surface area contributed by atoms with Crippen LogP contribution in [-0.4, -0.2) is 27.3 Å². The van der Waals surface area contributed by atoms with Crippen molar-refractivity contribution >= 4 is 33.3 Å². The van der Waals surface area contributed by atoms with Crippen LogP contribution in [0.2, 0.25) is 0 Å². The van der Waals surface area contributed by atoms with Crippen molar-refractivity contribution in [1.29, 1.82) is 0 Å². The smallest absolute Gasteiger partial charge is 0.277 e. The number of carbonyl (C=O) groups is 1. The van der Waals surface area contributed by atoms with Crippen molar-refractivity contribution < 1.29 is 13.9 Å². The first-order chi connectivity index (χ1) is 13.0. The number of fused-ring (bicyclic) bond motifs is 1. The quantitative estimate of drug-likeness (QED) is 0.558. The first-order valence-electron chi connectivity index (χ1n) is 8.48. The molecule has 1 amide bonds. The Kier molecular flexibility index (Phi) is 4.41. The van der Waals surface area contributed by atoms with Gasteiger partial charge in [0.15, 0.2) is 16.6 Å². The van der Waals surface area contributed by atoms with Crippen LogP contribution in [0, 0.1) is 6.92 Å². The molecule has 0 aliphatic carbocycles. The molecule has 0 unspecified atom stereocenters. The standard InChI is InChI=1S/C19H18N4O3S/c1-4-25-13-5-6-16-12(8-13)9-17(26-16)15-10-27-19(20-15)21-18(24)14-7-11(2)23(3)22-14/h5-10H,4H2,1-3H3,(H,20,21,24). The second kappa shape index (κ2) is 6.88. The Balaban J connectivity index is 1.55. The van der Waals surface area contributed by atoms with Gasteiger partial charge >= 0.3 is 0 Å². The summed E-state index contributed by atoms with van der Waals surface area (Å²) in [5.41, 5.74) is 2.70. The highest BCUT2D eigenvalue weighted by atomic mass is 32.1. The molecule has 0 radical (unpaired) electrons. The highest BCUT2D eigenvalue weighted by Gasteiger charge is 2.15. The number of nitrogens with one attached hydrogen (secondary N) is 1. The zero-order valence-corrected chi connectivity index (χ0v) is 16.0. The number of hydrogen-bond donors (Lipinski definition) is 1. The van der Waals surface area contributed by atoms with Gasteiger partial charge in [0.1, 0.15) is 17.0 Å². The van der Waals surface area contributed by atoms with Crippen LogP contribution in [0.4, 0.5) is 5.13 Å². The number of carbonyl (C=O) groups excluding carboxylic acids is 1. The van der Waals surface area contributed by atoms with Gasteiger partial charge in [-0.3, -0.25) is 14.8 Å². The van der Waals surface area contributed by atoms with E-state index in [0.717, 1.165) is 22.4 Å². The number of nitrogens with zero attached hydrogens (tertiary/aromatic N) is 3. The predicted octanol–water partition coefficient (Wildman–Crippen LogP) is 4.25. The monoisotopic (exact) mass is 382 g/mol. The van der Waals surface area contributed by atoms with Crippen LogP contribution in [0.25, 0.3) is 22.4 Å². The molecule has 3 aromatic heterocycles. The number of benzene rings is 1. The Morgan fingerprint density at radius 2 is 2.19 bits per heavy atom. The third-order valence-electron chi connectivity index (χ3n) is 4.12. The molecular formula is C19H18N4O3S. The van der Waals surface area contributed by atoms with E-state index >= 15 is 0 Å². The Morgan fingerprint density at radius 1 is 1.33 bits per heavy atom. The van der Waals surface area contributed by atoms with Crippen LogP contribution in [0.1, 0.15) is 23.1 Å². The molecule has 1 aromatic carbocycles. The van der Waals surface area contributed by atoms with Crippen molar-refractivity contribution in [3.05, 3.63) is 47.1 Å². The minimum Gasteiger partial charge on any atom is -0.494 e. The van der Waals surface area contributed by atoms with Gasteiger partial charge in [0.2, 0.25) is 0 Å². The van der Waals surface area contributed by atoms with Gasteiger partial charge in [0.05, 0.1) is 6.61 Å². The van der Waals surface area contributed by atoms with Gasteiger partial charge in [0, 0.05) is 23.5 Å². The summed E-state index contributed by atoms with van der Waals surface area (Å²) in [6.07, 6.45) is 0. The molecular weight excluding hydrogens is 364 g/mol. The second-order valence-corrected chi connectivity index (χ2v) is 6.89. The average molecular weight is 382 g/mol. The molecule has 0 spiro atoms. The first kappa shape index (κ1) is 17.3. The summed E-state index contributed by atoms with van der Waals surface area (Å²) in [4.78, 5) is 16.8. The molecule has 0 aliphatic heterocycles. The zero-order valence-electron chi connectivity index (χ0n) is 15.1. The van der Waals surface area contributed by atoms with Crippen molar-refractivity contribution in [2.75, 3.05) is 11.9 Å². The highest BCUT2D eigenvalue weighted by molar-refractivity contribution is 7.14. The fourth-order valence-corrected chi connectivity index (χ4v) is 3.38.